The highest BCUT2D eigenvalue weighted by molar-refractivity contribution is 7.98. The van der Waals surface area contributed by atoms with Crippen molar-refractivity contribution in [2.45, 2.75) is 4.90 Å². The van der Waals surface area contributed by atoms with Crippen LogP contribution in [0.3, 0.4) is 0 Å². The van der Waals surface area contributed by atoms with Gasteiger partial charge in [-0.05, 0) is 42.7 Å². The number of nitrogens with zero attached hydrogens (tertiary/aromatic N) is 1. The van der Waals surface area contributed by atoms with Crippen LogP contribution in [0.4, 0.5) is 5.69 Å². The summed E-state index contributed by atoms with van der Waals surface area (Å²) in [6.07, 6.45) is 3.62. The van der Waals surface area contributed by atoms with Gasteiger partial charge >= 0.3 is 0 Å². The first kappa shape index (κ1) is 11.7. The Morgan fingerprint density at radius 3 is 2.53 bits per heavy atom. The third-order valence-corrected chi connectivity index (χ3v) is 2.99. The maximum absolute atomic E-state index is 11.8. The summed E-state index contributed by atoms with van der Waals surface area (Å²) in [5.74, 6) is -0.192. The molecule has 1 heterocycles. The van der Waals surface area contributed by atoms with Crippen LogP contribution >= 0.6 is 11.8 Å². The van der Waals surface area contributed by atoms with E-state index in [0.29, 0.717) is 5.69 Å². The van der Waals surface area contributed by atoms with Gasteiger partial charge in [0.25, 0.3) is 5.91 Å². The number of benzene rings is 1. The minimum absolute atomic E-state index is 0.192. The summed E-state index contributed by atoms with van der Waals surface area (Å²) in [7, 11) is 0. The summed E-state index contributed by atoms with van der Waals surface area (Å²) in [4.78, 5) is 16.9. The lowest BCUT2D eigenvalue weighted by Gasteiger charge is -2.04. The third-order valence-electron chi connectivity index (χ3n) is 2.25. The van der Waals surface area contributed by atoms with Gasteiger partial charge in [-0.3, -0.25) is 9.78 Å². The average molecular weight is 244 g/mol. The van der Waals surface area contributed by atoms with Crippen LogP contribution in [-0.4, -0.2) is 17.1 Å². The first-order valence-corrected chi connectivity index (χ1v) is 6.38. The Kier molecular flexibility index (Phi) is 3.77. The Balaban J connectivity index is 2.08. The van der Waals surface area contributed by atoms with Gasteiger partial charge in [0.15, 0.2) is 0 Å². The van der Waals surface area contributed by atoms with E-state index < -0.39 is 0 Å². The van der Waals surface area contributed by atoms with Gasteiger partial charge in [-0.2, -0.15) is 0 Å². The van der Waals surface area contributed by atoms with Gasteiger partial charge in [-0.15, -0.1) is 11.8 Å². The lowest BCUT2D eigenvalue weighted by Crippen LogP contribution is -2.13. The van der Waals surface area contributed by atoms with Crippen LogP contribution in [0.15, 0.2) is 53.6 Å². The number of hydrogen-bond acceptors (Lipinski definition) is 3. The minimum atomic E-state index is -0.192. The van der Waals surface area contributed by atoms with Crippen LogP contribution in [0.5, 0.6) is 0 Å². The normalized spacial score (nSPS) is 9.94. The smallest absolute Gasteiger partial charge is 0.274 e. The molecular formula is C13H12N2OS. The molecule has 0 bridgehead atoms. The number of anilines is 1. The number of aromatic nitrogens is 1. The first-order chi connectivity index (χ1) is 8.29. The molecule has 0 fully saturated rings. The molecule has 1 aromatic carbocycles. The lowest BCUT2D eigenvalue weighted by molar-refractivity contribution is 0.102. The molecule has 0 radical (unpaired) electrons. The standard InChI is InChI=1S/C13H12N2OS/c1-17-11-7-5-10(6-8-11)15-13(16)12-4-2-3-9-14-12/h2-9H,1H3,(H,15,16). The molecule has 1 aromatic heterocycles. The predicted octanol–water partition coefficient (Wildman–Crippen LogP) is 3.06. The van der Waals surface area contributed by atoms with Crippen molar-refractivity contribution >= 4 is 23.4 Å². The van der Waals surface area contributed by atoms with Gasteiger partial charge in [0, 0.05) is 16.8 Å². The molecule has 0 spiro atoms. The number of hydrogen-bond donors (Lipinski definition) is 1. The molecule has 0 unspecified atom stereocenters. The summed E-state index contributed by atoms with van der Waals surface area (Å²) in [6, 6.07) is 13.0. The number of carbonyl (C=O) groups is 1. The van der Waals surface area contributed by atoms with Crippen LogP contribution < -0.4 is 5.32 Å². The van der Waals surface area contributed by atoms with Crippen molar-refractivity contribution in [3.05, 3.63) is 54.4 Å². The van der Waals surface area contributed by atoms with E-state index in [1.165, 1.54) is 4.90 Å². The first-order valence-electron chi connectivity index (χ1n) is 5.16. The second-order valence-corrected chi connectivity index (χ2v) is 4.28. The van der Waals surface area contributed by atoms with Gasteiger partial charge in [-0.25, -0.2) is 0 Å². The zero-order valence-corrected chi connectivity index (χ0v) is 10.2. The molecular weight excluding hydrogens is 232 g/mol. The third kappa shape index (κ3) is 3.07. The van der Waals surface area contributed by atoms with Crippen LogP contribution in [0.2, 0.25) is 0 Å². The summed E-state index contributed by atoms with van der Waals surface area (Å²) in [5.41, 5.74) is 1.19. The molecule has 2 aromatic rings. The molecule has 1 amide bonds. The average Bonchev–Trinajstić information content (AvgIpc) is 2.40. The summed E-state index contributed by atoms with van der Waals surface area (Å²) in [6.45, 7) is 0. The van der Waals surface area contributed by atoms with E-state index in [2.05, 4.69) is 10.3 Å². The maximum Gasteiger partial charge on any atom is 0.274 e. The molecule has 3 nitrogen and oxygen atoms in total. The summed E-state index contributed by atoms with van der Waals surface area (Å²) in [5, 5.41) is 2.80. The van der Waals surface area contributed by atoms with E-state index in [1.54, 1.807) is 36.2 Å². The number of amides is 1. The topological polar surface area (TPSA) is 42.0 Å². The Morgan fingerprint density at radius 1 is 1.18 bits per heavy atom. The van der Waals surface area contributed by atoms with Gasteiger partial charge in [-0.1, -0.05) is 6.07 Å². The fourth-order valence-corrected chi connectivity index (χ4v) is 1.77. The van der Waals surface area contributed by atoms with Crippen LogP contribution in [0.1, 0.15) is 10.5 Å². The Hall–Kier alpha value is -1.81. The Morgan fingerprint density at radius 2 is 1.94 bits per heavy atom. The Labute approximate surface area is 104 Å². The largest absolute Gasteiger partial charge is 0.321 e. The quantitative estimate of drug-likeness (QED) is 0.844. The van der Waals surface area contributed by atoms with Crippen molar-refractivity contribution in [3.8, 4) is 0 Å². The molecule has 17 heavy (non-hydrogen) atoms. The van der Waals surface area contributed by atoms with Crippen molar-refractivity contribution in [2.24, 2.45) is 0 Å². The second kappa shape index (κ2) is 5.50. The molecule has 0 atom stereocenters. The molecule has 0 saturated heterocycles. The molecule has 4 heteroatoms. The second-order valence-electron chi connectivity index (χ2n) is 3.40. The van der Waals surface area contributed by atoms with Gasteiger partial charge in [0.1, 0.15) is 5.69 Å². The lowest BCUT2D eigenvalue weighted by atomic mass is 10.3. The monoisotopic (exact) mass is 244 g/mol. The maximum atomic E-state index is 11.8. The fourth-order valence-electron chi connectivity index (χ4n) is 1.37. The van der Waals surface area contributed by atoms with Crippen molar-refractivity contribution in [1.29, 1.82) is 0 Å². The number of rotatable bonds is 3. The molecule has 0 saturated carbocycles. The van der Waals surface area contributed by atoms with Gasteiger partial charge < -0.3 is 5.32 Å². The van der Waals surface area contributed by atoms with Crippen LogP contribution in [0, 0.1) is 0 Å². The Bertz CT molecular complexity index is 497. The van der Waals surface area contributed by atoms with E-state index in [1.807, 2.05) is 30.5 Å². The van der Waals surface area contributed by atoms with E-state index in [-0.39, 0.29) is 5.91 Å². The SMILES string of the molecule is CSc1ccc(NC(=O)c2ccccn2)cc1. The molecule has 2 rings (SSSR count). The van der Waals surface area contributed by atoms with Crippen LogP contribution in [0.25, 0.3) is 0 Å². The highest BCUT2D eigenvalue weighted by atomic mass is 32.2. The van der Waals surface area contributed by atoms with Crippen molar-refractivity contribution in [2.75, 3.05) is 11.6 Å². The number of carbonyl (C=O) groups excluding carboxylic acids is 1. The molecule has 1 N–H and O–H groups in total. The highest BCUT2D eigenvalue weighted by Gasteiger charge is 2.05. The van der Waals surface area contributed by atoms with Crippen LogP contribution in [-0.2, 0) is 0 Å². The van der Waals surface area contributed by atoms with Crippen molar-refractivity contribution in [1.82, 2.24) is 4.98 Å². The van der Waals surface area contributed by atoms with Crippen molar-refractivity contribution < 1.29 is 4.79 Å². The van der Waals surface area contributed by atoms with E-state index in [4.69, 9.17) is 0 Å². The zero-order chi connectivity index (χ0) is 12.1. The van der Waals surface area contributed by atoms with E-state index in [0.717, 1.165) is 5.69 Å². The highest BCUT2D eigenvalue weighted by Crippen LogP contribution is 2.17. The summed E-state index contributed by atoms with van der Waals surface area (Å²) < 4.78 is 0. The fraction of sp³-hybridized carbons (Fsp3) is 0.0769. The predicted molar refractivity (Wildman–Crippen MR) is 70.4 cm³/mol. The minimum Gasteiger partial charge on any atom is -0.321 e. The number of nitrogens with one attached hydrogen (secondary N) is 1. The number of pyridine rings is 1. The van der Waals surface area contributed by atoms with Crippen molar-refractivity contribution in [3.63, 3.8) is 0 Å². The zero-order valence-electron chi connectivity index (χ0n) is 9.38. The molecule has 86 valence electrons. The van der Waals surface area contributed by atoms with Gasteiger partial charge in [0.05, 0.1) is 0 Å². The molecule has 0 aliphatic carbocycles. The van der Waals surface area contributed by atoms with E-state index >= 15 is 0 Å². The number of thioether (sulfide) groups is 1. The molecule has 0 aliphatic rings. The van der Waals surface area contributed by atoms with Gasteiger partial charge in [0.2, 0.25) is 0 Å². The van der Waals surface area contributed by atoms with E-state index in [9.17, 15) is 4.79 Å². The summed E-state index contributed by atoms with van der Waals surface area (Å²) >= 11 is 1.67. The molecule has 0 aliphatic heterocycles.